The lowest BCUT2D eigenvalue weighted by Crippen LogP contribution is -2.38. The molecule has 0 unspecified atom stereocenters. The Hall–Kier alpha value is -5.25. The zero-order chi connectivity index (χ0) is 39.1. The first-order valence-corrected chi connectivity index (χ1v) is 21.2. The van der Waals surface area contributed by atoms with E-state index in [-0.39, 0.29) is 17.8 Å². The molecular formula is C42H45FN8O5S. The molecule has 2 N–H and O–H groups in total. The maximum Gasteiger partial charge on any atom is 0.240 e. The third-order valence-corrected chi connectivity index (χ3v) is 13.4. The molecule has 3 fully saturated rings. The molecule has 15 heteroatoms. The standard InChI is InChI=1S/C42H45FN8O5S/c1-55-42-36(25-50-17-2-3-18-50)46-22-38(48-42)56-37-13-12-31-30(6-4-7-32(31)37)33-8-5-9-35(39(33)43)47-40-34-21-45-28(20-26(34)14-16-44-40)24-51-19-15-27(23-51)41(52)49-57(53,54)29-10-11-29/h4-9,14,16,20-22,27,29,37H,2-3,10-13,15,17-19,23-25H2,1H3,(H,44,47)(H,49,52)/t27-,37-/m1/s1. The SMILES string of the molecule is COc1nc(O[C@@H]2CCc3c(-c4cccc(Nc5nccc6cc(CN7CC[C@@H](C(=O)NS(=O)(=O)C8CC8)C7)ncc56)c4F)cccc32)cnc1CN1CCCC1. The molecule has 13 nitrogen and oxygen atoms in total. The molecule has 0 spiro atoms. The van der Waals surface area contributed by atoms with Gasteiger partial charge in [-0.3, -0.25) is 24.3 Å². The minimum atomic E-state index is -3.57. The molecule has 2 aliphatic carbocycles. The summed E-state index contributed by atoms with van der Waals surface area (Å²) in [5.74, 6) is 0.147. The number of nitrogens with zero attached hydrogens (tertiary/aromatic N) is 6. The highest BCUT2D eigenvalue weighted by molar-refractivity contribution is 7.90. The summed E-state index contributed by atoms with van der Waals surface area (Å²) in [7, 11) is -1.97. The summed E-state index contributed by atoms with van der Waals surface area (Å²) in [6.45, 7) is 4.43. The highest BCUT2D eigenvalue weighted by atomic mass is 32.2. The van der Waals surface area contributed by atoms with Crippen molar-refractivity contribution >= 4 is 38.2 Å². The Labute approximate surface area is 331 Å². The first-order chi connectivity index (χ1) is 27.7. The van der Waals surface area contributed by atoms with Gasteiger partial charge in [-0.2, -0.15) is 4.98 Å². The number of methoxy groups -OCH3 is 1. The number of rotatable bonds is 13. The fourth-order valence-electron chi connectivity index (χ4n) is 8.37. The molecule has 5 heterocycles. The number of carbonyl (C=O) groups is 1. The Morgan fingerprint density at radius 3 is 2.58 bits per heavy atom. The molecule has 296 valence electrons. The summed E-state index contributed by atoms with van der Waals surface area (Å²) < 4.78 is 55.3. The normalized spacial score (nSPS) is 19.8. The molecule has 3 aromatic heterocycles. The molecule has 2 saturated heterocycles. The molecule has 9 rings (SSSR count). The van der Waals surface area contributed by atoms with E-state index in [2.05, 4.69) is 34.8 Å². The molecular weight excluding hydrogens is 748 g/mol. The van der Waals surface area contributed by atoms with Gasteiger partial charge in [-0.15, -0.1) is 0 Å². The molecule has 0 bridgehead atoms. The predicted molar refractivity (Wildman–Crippen MR) is 213 cm³/mol. The van der Waals surface area contributed by atoms with Gasteiger partial charge in [0.25, 0.3) is 0 Å². The molecule has 5 aromatic rings. The smallest absolute Gasteiger partial charge is 0.240 e. The average Bonchev–Trinajstić information content (AvgIpc) is 3.55. The minimum absolute atomic E-state index is 0.257. The van der Waals surface area contributed by atoms with E-state index in [0.717, 1.165) is 64.8 Å². The van der Waals surface area contributed by atoms with Gasteiger partial charge in [0.05, 0.1) is 35.9 Å². The quantitative estimate of drug-likeness (QED) is 0.142. The number of sulfonamides is 1. The number of fused-ring (bicyclic) bond motifs is 2. The third kappa shape index (κ3) is 7.88. The van der Waals surface area contributed by atoms with Gasteiger partial charge in [-0.05, 0) is 105 Å². The number of aromatic nitrogens is 4. The minimum Gasteiger partial charge on any atom is -0.480 e. The van der Waals surface area contributed by atoms with Crippen molar-refractivity contribution in [2.75, 3.05) is 38.6 Å². The van der Waals surface area contributed by atoms with Crippen LogP contribution in [0.3, 0.4) is 0 Å². The van der Waals surface area contributed by atoms with Crippen molar-refractivity contribution in [3.63, 3.8) is 0 Å². The van der Waals surface area contributed by atoms with E-state index in [9.17, 15) is 13.2 Å². The molecule has 57 heavy (non-hydrogen) atoms. The second kappa shape index (κ2) is 15.6. The Balaban J connectivity index is 0.884. The summed E-state index contributed by atoms with van der Waals surface area (Å²) in [4.78, 5) is 35.7. The van der Waals surface area contributed by atoms with E-state index in [4.69, 9.17) is 14.5 Å². The molecule has 2 aliphatic heterocycles. The third-order valence-electron chi connectivity index (χ3n) is 11.5. The summed E-state index contributed by atoms with van der Waals surface area (Å²) in [5, 5.41) is 4.41. The number of anilines is 2. The first kappa shape index (κ1) is 37.3. The van der Waals surface area contributed by atoms with Crippen LogP contribution in [-0.4, -0.2) is 82.6 Å². The van der Waals surface area contributed by atoms with Crippen LogP contribution in [0.15, 0.2) is 67.1 Å². The van der Waals surface area contributed by atoms with E-state index in [0.29, 0.717) is 74.3 Å². The summed E-state index contributed by atoms with van der Waals surface area (Å²) in [6, 6.07) is 15.1. The largest absolute Gasteiger partial charge is 0.480 e. The highest BCUT2D eigenvalue weighted by Gasteiger charge is 2.39. The van der Waals surface area contributed by atoms with E-state index in [1.165, 1.54) is 12.8 Å². The number of benzene rings is 2. The zero-order valence-corrected chi connectivity index (χ0v) is 32.6. The fraction of sp³-hybridized carbons (Fsp3) is 0.405. The molecule has 2 aromatic carbocycles. The summed E-state index contributed by atoms with van der Waals surface area (Å²) in [5.41, 5.74) is 5.23. The monoisotopic (exact) mass is 792 g/mol. The van der Waals surface area contributed by atoms with E-state index < -0.39 is 21.2 Å². The van der Waals surface area contributed by atoms with Gasteiger partial charge in [0.15, 0.2) is 5.82 Å². The molecule has 4 aliphatic rings. The van der Waals surface area contributed by atoms with Crippen molar-refractivity contribution in [2.45, 2.75) is 69.4 Å². The summed E-state index contributed by atoms with van der Waals surface area (Å²) in [6.07, 6.45) is 10.4. The predicted octanol–water partition coefficient (Wildman–Crippen LogP) is 6.07. The average molecular weight is 793 g/mol. The van der Waals surface area contributed by atoms with Crippen LogP contribution >= 0.6 is 0 Å². The second-order valence-corrected chi connectivity index (χ2v) is 17.4. The fourth-order valence-corrected chi connectivity index (χ4v) is 9.74. The number of ether oxygens (including phenoxy) is 2. The number of halogens is 1. The lowest BCUT2D eigenvalue weighted by atomic mass is 9.96. The van der Waals surface area contributed by atoms with Crippen LogP contribution in [0.1, 0.15) is 67.1 Å². The van der Waals surface area contributed by atoms with Crippen LogP contribution in [-0.2, 0) is 34.3 Å². The van der Waals surface area contributed by atoms with E-state index in [1.54, 1.807) is 37.8 Å². The Kier molecular flexibility index (Phi) is 10.2. The van der Waals surface area contributed by atoms with Crippen molar-refractivity contribution in [1.82, 2.24) is 34.5 Å². The number of nitrogens with one attached hydrogen (secondary N) is 2. The topological polar surface area (TPSA) is 152 Å². The van der Waals surface area contributed by atoms with Crippen molar-refractivity contribution in [1.29, 1.82) is 0 Å². The van der Waals surface area contributed by atoms with Gasteiger partial charge >= 0.3 is 0 Å². The Bertz CT molecular complexity index is 2440. The van der Waals surface area contributed by atoms with Crippen LogP contribution in [0, 0.1) is 11.7 Å². The number of hydrogen-bond acceptors (Lipinski definition) is 12. The van der Waals surface area contributed by atoms with Gasteiger partial charge < -0.3 is 14.8 Å². The van der Waals surface area contributed by atoms with Crippen molar-refractivity contribution in [2.24, 2.45) is 5.92 Å². The van der Waals surface area contributed by atoms with Gasteiger partial charge in [0, 0.05) is 43.0 Å². The maximum absolute atomic E-state index is 16.5. The van der Waals surface area contributed by atoms with Gasteiger partial charge in [-0.25, -0.2) is 22.8 Å². The Morgan fingerprint density at radius 1 is 0.930 bits per heavy atom. The maximum atomic E-state index is 16.5. The van der Waals surface area contributed by atoms with Crippen molar-refractivity contribution in [3.05, 3.63) is 95.5 Å². The van der Waals surface area contributed by atoms with Gasteiger partial charge in [-0.1, -0.05) is 30.3 Å². The molecule has 0 radical (unpaired) electrons. The van der Waals surface area contributed by atoms with Crippen LogP contribution < -0.4 is 19.5 Å². The van der Waals surface area contributed by atoms with Crippen LogP contribution in [0.25, 0.3) is 21.9 Å². The van der Waals surface area contributed by atoms with Crippen molar-refractivity contribution < 1.29 is 27.1 Å². The van der Waals surface area contributed by atoms with Crippen molar-refractivity contribution in [3.8, 4) is 22.9 Å². The van der Waals surface area contributed by atoms with E-state index >= 15 is 4.39 Å². The number of hydrogen-bond donors (Lipinski definition) is 2. The lowest BCUT2D eigenvalue weighted by Gasteiger charge is -2.18. The lowest BCUT2D eigenvalue weighted by molar-refractivity contribution is -0.122. The van der Waals surface area contributed by atoms with Gasteiger partial charge in [0.1, 0.15) is 17.6 Å². The van der Waals surface area contributed by atoms with E-state index in [1.807, 2.05) is 36.4 Å². The molecule has 2 atom stereocenters. The number of likely N-dealkylation sites (tertiary alicyclic amines) is 2. The highest BCUT2D eigenvalue weighted by Crippen LogP contribution is 2.42. The summed E-state index contributed by atoms with van der Waals surface area (Å²) >= 11 is 0. The van der Waals surface area contributed by atoms with Crippen LogP contribution in [0.4, 0.5) is 15.9 Å². The van der Waals surface area contributed by atoms with Crippen LogP contribution in [0.2, 0.25) is 0 Å². The zero-order valence-electron chi connectivity index (χ0n) is 31.8. The number of pyridine rings is 2. The number of carbonyl (C=O) groups excluding carboxylic acids is 1. The Morgan fingerprint density at radius 2 is 1.75 bits per heavy atom. The number of amides is 1. The van der Waals surface area contributed by atoms with Gasteiger partial charge in [0.2, 0.25) is 27.7 Å². The second-order valence-electron chi connectivity index (χ2n) is 15.4. The first-order valence-electron chi connectivity index (χ1n) is 19.7. The van der Waals surface area contributed by atoms with Crippen LogP contribution in [0.5, 0.6) is 11.8 Å². The molecule has 1 amide bonds. The molecule has 1 saturated carbocycles.